The van der Waals surface area contributed by atoms with Crippen LogP contribution in [0.25, 0.3) is 6.08 Å². The van der Waals surface area contributed by atoms with Gasteiger partial charge in [-0.3, -0.25) is 4.79 Å². The number of carbonyl (C=O) groups excluding carboxylic acids is 1. The number of aldehydes is 1. The number of allylic oxidation sites excluding steroid dienone is 1. The molecule has 0 aromatic heterocycles. The highest BCUT2D eigenvalue weighted by Crippen LogP contribution is 2.43. The quantitative estimate of drug-likeness (QED) is 0.655. The minimum absolute atomic E-state index is 0.0138. The molecular formula is C22H23Cl2NO2. The van der Waals surface area contributed by atoms with Crippen molar-refractivity contribution < 1.29 is 9.53 Å². The molecule has 27 heavy (non-hydrogen) atoms. The molecule has 1 saturated heterocycles. The van der Waals surface area contributed by atoms with Crippen LogP contribution in [0.4, 0.5) is 0 Å². The third-order valence-corrected chi connectivity index (χ3v) is 5.98. The van der Waals surface area contributed by atoms with E-state index in [1.165, 1.54) is 31.5 Å². The van der Waals surface area contributed by atoms with Crippen molar-refractivity contribution in [3.05, 3.63) is 69.7 Å². The molecule has 3 nitrogen and oxygen atoms in total. The van der Waals surface area contributed by atoms with Gasteiger partial charge in [0.05, 0.1) is 5.02 Å². The third kappa shape index (κ3) is 4.55. The molecule has 0 saturated carbocycles. The van der Waals surface area contributed by atoms with Crippen LogP contribution in [0.3, 0.4) is 0 Å². The third-order valence-electron chi connectivity index (χ3n) is 5.18. The van der Waals surface area contributed by atoms with Gasteiger partial charge in [-0.2, -0.15) is 0 Å². The first-order valence-electron chi connectivity index (χ1n) is 9.03. The number of hydrogen-bond donors (Lipinski definition) is 0. The van der Waals surface area contributed by atoms with Gasteiger partial charge < -0.3 is 9.64 Å². The van der Waals surface area contributed by atoms with Crippen LogP contribution in [0, 0.1) is 0 Å². The lowest BCUT2D eigenvalue weighted by Crippen LogP contribution is -2.38. The molecule has 1 fully saturated rings. The average molecular weight is 404 g/mol. The maximum absolute atomic E-state index is 9.97. The Morgan fingerprint density at radius 3 is 2.59 bits per heavy atom. The molecule has 1 heterocycles. The van der Waals surface area contributed by atoms with Crippen LogP contribution in [-0.4, -0.2) is 37.9 Å². The van der Waals surface area contributed by atoms with Gasteiger partial charge in [0.25, 0.3) is 0 Å². The number of halogens is 2. The zero-order valence-corrected chi connectivity index (χ0v) is 16.8. The highest BCUT2D eigenvalue weighted by Gasteiger charge is 2.36. The molecule has 5 heteroatoms. The van der Waals surface area contributed by atoms with Gasteiger partial charge >= 0.3 is 0 Å². The molecule has 1 aliphatic carbocycles. The number of fused-ring (bicyclic) bond motifs is 2. The van der Waals surface area contributed by atoms with Crippen molar-refractivity contribution in [2.45, 2.75) is 18.3 Å². The number of nitrogens with zero attached hydrogens (tertiary/aromatic N) is 1. The number of hydrogen-bond acceptors (Lipinski definition) is 3. The Hall–Kier alpha value is -1.81. The van der Waals surface area contributed by atoms with E-state index in [-0.39, 0.29) is 6.61 Å². The van der Waals surface area contributed by atoms with Crippen LogP contribution in [0.5, 0.6) is 5.75 Å². The van der Waals surface area contributed by atoms with Crippen molar-refractivity contribution >= 4 is 35.6 Å². The van der Waals surface area contributed by atoms with E-state index in [4.69, 9.17) is 27.9 Å². The number of benzene rings is 2. The van der Waals surface area contributed by atoms with Gasteiger partial charge in [0.15, 0.2) is 6.29 Å². The SMILES string of the molecule is CN1CCC2(C=Cc3ccccc32)CC1.O=CCOc1cccc(Cl)c1Cl. The molecule has 0 radical (unpaired) electrons. The van der Waals surface area contributed by atoms with Gasteiger partial charge in [-0.25, -0.2) is 0 Å². The van der Waals surface area contributed by atoms with Gasteiger partial charge in [-0.15, -0.1) is 0 Å². The normalized spacial score (nSPS) is 17.1. The fraction of sp³-hybridized carbons (Fsp3) is 0.318. The number of likely N-dealkylation sites (tertiary alicyclic amines) is 1. The molecule has 2 aromatic rings. The summed E-state index contributed by atoms with van der Waals surface area (Å²) in [5.41, 5.74) is 3.35. The maximum Gasteiger partial charge on any atom is 0.157 e. The molecule has 4 rings (SSSR count). The molecule has 142 valence electrons. The molecular weight excluding hydrogens is 381 g/mol. The fourth-order valence-corrected chi connectivity index (χ4v) is 3.95. The molecule has 1 aliphatic heterocycles. The number of ether oxygens (including phenoxy) is 1. The maximum atomic E-state index is 9.97. The van der Waals surface area contributed by atoms with Gasteiger partial charge in [-0.1, -0.05) is 65.7 Å². The highest BCUT2D eigenvalue weighted by molar-refractivity contribution is 6.42. The lowest BCUT2D eigenvalue weighted by molar-refractivity contribution is -0.109. The Morgan fingerprint density at radius 2 is 1.85 bits per heavy atom. The van der Waals surface area contributed by atoms with Crippen LogP contribution in [0.1, 0.15) is 24.0 Å². The van der Waals surface area contributed by atoms with E-state index >= 15 is 0 Å². The van der Waals surface area contributed by atoms with Crippen molar-refractivity contribution in [1.82, 2.24) is 4.90 Å². The van der Waals surface area contributed by atoms with Crippen LogP contribution < -0.4 is 4.74 Å². The van der Waals surface area contributed by atoms with Crippen molar-refractivity contribution in [2.75, 3.05) is 26.7 Å². The zero-order valence-electron chi connectivity index (χ0n) is 15.3. The predicted molar refractivity (Wildman–Crippen MR) is 112 cm³/mol. The van der Waals surface area contributed by atoms with Gasteiger partial charge in [0.1, 0.15) is 17.4 Å². The molecule has 0 atom stereocenters. The van der Waals surface area contributed by atoms with Crippen molar-refractivity contribution in [2.24, 2.45) is 0 Å². The zero-order chi connectivity index (χ0) is 19.3. The first-order valence-corrected chi connectivity index (χ1v) is 9.79. The second-order valence-corrected chi connectivity index (χ2v) is 7.69. The molecule has 1 spiro atoms. The Balaban J connectivity index is 0.000000161. The van der Waals surface area contributed by atoms with Crippen LogP contribution in [0.2, 0.25) is 10.0 Å². The lowest BCUT2D eigenvalue weighted by atomic mass is 9.75. The van der Waals surface area contributed by atoms with Gasteiger partial charge in [0, 0.05) is 5.41 Å². The summed E-state index contributed by atoms with van der Waals surface area (Å²) in [5.74, 6) is 0.427. The van der Waals surface area contributed by atoms with Gasteiger partial charge in [-0.05, 0) is 56.2 Å². The highest BCUT2D eigenvalue weighted by atomic mass is 35.5. The van der Waals surface area contributed by atoms with E-state index in [0.717, 1.165) is 0 Å². The Morgan fingerprint density at radius 1 is 1.11 bits per heavy atom. The second kappa shape index (κ2) is 8.92. The average Bonchev–Trinajstić information content (AvgIpc) is 3.05. The smallest absolute Gasteiger partial charge is 0.157 e. The van der Waals surface area contributed by atoms with E-state index < -0.39 is 0 Å². The van der Waals surface area contributed by atoms with Crippen LogP contribution in [0.15, 0.2) is 48.5 Å². The largest absolute Gasteiger partial charge is 0.485 e. The fourth-order valence-electron chi connectivity index (χ4n) is 3.61. The van der Waals surface area contributed by atoms with E-state index in [1.54, 1.807) is 23.8 Å². The van der Waals surface area contributed by atoms with Gasteiger partial charge in [0.2, 0.25) is 0 Å². The first kappa shape index (κ1) is 19.9. The number of rotatable bonds is 3. The number of carbonyl (C=O) groups is 1. The van der Waals surface area contributed by atoms with E-state index in [1.807, 2.05) is 0 Å². The van der Waals surface area contributed by atoms with E-state index in [2.05, 4.69) is 48.4 Å². The van der Waals surface area contributed by atoms with Crippen LogP contribution in [-0.2, 0) is 10.2 Å². The summed E-state index contributed by atoms with van der Waals surface area (Å²) in [4.78, 5) is 12.4. The Bertz CT molecular complexity index is 827. The summed E-state index contributed by atoms with van der Waals surface area (Å²) >= 11 is 11.4. The predicted octanol–water partition coefficient (Wildman–Crippen LogP) is 5.25. The summed E-state index contributed by atoms with van der Waals surface area (Å²) in [7, 11) is 2.22. The summed E-state index contributed by atoms with van der Waals surface area (Å²) in [6.07, 6.45) is 7.94. The second-order valence-electron chi connectivity index (χ2n) is 6.91. The summed E-state index contributed by atoms with van der Waals surface area (Å²) in [6.45, 7) is 2.43. The Labute approximate surface area is 170 Å². The summed E-state index contributed by atoms with van der Waals surface area (Å²) in [5, 5.41) is 0.751. The minimum atomic E-state index is -0.0138. The summed E-state index contributed by atoms with van der Waals surface area (Å²) < 4.78 is 4.98. The van der Waals surface area contributed by atoms with E-state index in [9.17, 15) is 4.79 Å². The standard InChI is InChI=1S/C14H17N.C8H6Cl2O2/c1-15-10-8-14(9-11-15)7-6-12-4-2-3-5-13(12)14;9-6-2-1-3-7(8(6)10)12-5-4-11/h2-7H,8-11H2,1H3;1-4H,5H2. The lowest BCUT2D eigenvalue weighted by Gasteiger charge is -2.37. The molecule has 0 bridgehead atoms. The molecule has 0 unspecified atom stereocenters. The first-order chi connectivity index (χ1) is 13.1. The van der Waals surface area contributed by atoms with Crippen molar-refractivity contribution in [3.8, 4) is 5.75 Å². The summed E-state index contributed by atoms with van der Waals surface area (Å²) in [6, 6.07) is 13.9. The molecule has 0 amide bonds. The van der Waals surface area contributed by atoms with Crippen molar-refractivity contribution in [1.29, 1.82) is 0 Å². The monoisotopic (exact) mass is 403 g/mol. The van der Waals surface area contributed by atoms with Crippen molar-refractivity contribution in [3.63, 3.8) is 0 Å². The van der Waals surface area contributed by atoms with Crippen LogP contribution >= 0.6 is 23.2 Å². The topological polar surface area (TPSA) is 29.5 Å². The minimum Gasteiger partial charge on any atom is -0.485 e. The molecule has 2 aromatic carbocycles. The molecule has 2 aliphatic rings. The number of piperidine rings is 1. The Kier molecular flexibility index (Phi) is 6.59. The molecule has 0 N–H and O–H groups in total. The van der Waals surface area contributed by atoms with E-state index in [0.29, 0.717) is 27.5 Å².